The zero-order chi connectivity index (χ0) is 27.1. The Morgan fingerprint density at radius 2 is 1.45 bits per heavy atom. The van der Waals surface area contributed by atoms with Crippen molar-refractivity contribution in [3.63, 3.8) is 0 Å². The van der Waals surface area contributed by atoms with Crippen LogP contribution in [0.5, 0.6) is 0 Å². The summed E-state index contributed by atoms with van der Waals surface area (Å²) >= 11 is 0. The van der Waals surface area contributed by atoms with Gasteiger partial charge in [-0.25, -0.2) is 4.79 Å². The average molecular weight is 533 g/mol. The quantitative estimate of drug-likeness (QED) is 0.369. The lowest BCUT2D eigenvalue weighted by Gasteiger charge is -2.35. The summed E-state index contributed by atoms with van der Waals surface area (Å²) in [5.74, 6) is -2.31. The molecule has 38 heavy (non-hydrogen) atoms. The van der Waals surface area contributed by atoms with Gasteiger partial charge in [0.2, 0.25) is 17.6 Å². The van der Waals surface area contributed by atoms with Crippen LogP contribution in [-0.4, -0.2) is 65.3 Å². The number of carbonyl (C=O) groups excluding carboxylic acids is 5. The minimum Gasteiger partial charge on any atom is -0.446 e. The highest BCUT2D eigenvalue weighted by Gasteiger charge is 2.42. The maximum Gasteiger partial charge on any atom is 0.408 e. The van der Waals surface area contributed by atoms with E-state index in [0.29, 0.717) is 25.8 Å². The van der Waals surface area contributed by atoms with E-state index in [-0.39, 0.29) is 23.8 Å². The van der Waals surface area contributed by atoms with Gasteiger partial charge in [0.05, 0.1) is 6.04 Å². The van der Waals surface area contributed by atoms with Crippen LogP contribution in [0.15, 0.2) is 0 Å². The smallest absolute Gasteiger partial charge is 0.408 e. The zero-order valence-corrected chi connectivity index (χ0v) is 22.5. The monoisotopic (exact) mass is 532 g/mol. The highest BCUT2D eigenvalue weighted by Crippen LogP contribution is 2.32. The molecule has 3 atom stereocenters. The summed E-state index contributed by atoms with van der Waals surface area (Å²) in [6.07, 6.45) is 13.5. The first-order valence-electron chi connectivity index (χ1n) is 14.7. The van der Waals surface area contributed by atoms with E-state index in [1.807, 2.05) is 0 Å². The van der Waals surface area contributed by atoms with E-state index in [4.69, 9.17) is 10.5 Å². The van der Waals surface area contributed by atoms with Gasteiger partial charge < -0.3 is 26.0 Å². The van der Waals surface area contributed by atoms with Gasteiger partial charge in [-0.15, -0.1) is 0 Å². The number of ether oxygens (including phenoxy) is 1. The number of hydrogen-bond donors (Lipinski definition) is 3. The van der Waals surface area contributed by atoms with Gasteiger partial charge in [-0.2, -0.15) is 0 Å². The summed E-state index contributed by atoms with van der Waals surface area (Å²) in [6.45, 7) is 0.399. The van der Waals surface area contributed by atoms with Crippen LogP contribution in [0.4, 0.5) is 4.79 Å². The van der Waals surface area contributed by atoms with Crippen molar-refractivity contribution in [3.8, 4) is 0 Å². The Morgan fingerprint density at radius 1 is 0.789 bits per heavy atom. The number of rotatable bonds is 10. The number of ketones is 1. The standard InChI is InChI=1S/C28H44N4O6/c29-25(34)24(33)21(17-18-9-7-10-18)30-26(35)22-15-8-16-32(22)27(36)23(19-11-3-1-4-12-19)31-28(37)38-20-13-5-2-6-14-20/h18-23H,1-17H2,(H2,29,34)(H,30,35)(H,31,37). The summed E-state index contributed by atoms with van der Waals surface area (Å²) in [5, 5.41) is 5.63. The molecule has 0 aromatic rings. The van der Waals surface area contributed by atoms with Crippen molar-refractivity contribution in [2.24, 2.45) is 17.6 Å². The number of hydrogen-bond acceptors (Lipinski definition) is 6. The van der Waals surface area contributed by atoms with Crippen LogP contribution >= 0.6 is 0 Å². The first kappa shape index (κ1) is 28.4. The Balaban J connectivity index is 1.43. The van der Waals surface area contributed by atoms with Crippen molar-refractivity contribution in [1.29, 1.82) is 0 Å². The third-order valence-corrected chi connectivity index (χ3v) is 8.99. The summed E-state index contributed by atoms with van der Waals surface area (Å²) in [5.41, 5.74) is 5.26. The first-order valence-corrected chi connectivity index (χ1v) is 14.7. The molecule has 0 bridgehead atoms. The second kappa shape index (κ2) is 13.4. The third kappa shape index (κ3) is 7.26. The molecule has 4 rings (SSSR count). The number of nitrogens with one attached hydrogen (secondary N) is 2. The van der Waals surface area contributed by atoms with Crippen LogP contribution < -0.4 is 16.4 Å². The molecule has 4 amide bonds. The van der Waals surface area contributed by atoms with Crippen molar-refractivity contribution in [3.05, 3.63) is 0 Å². The van der Waals surface area contributed by atoms with Gasteiger partial charge in [0, 0.05) is 6.54 Å². The van der Waals surface area contributed by atoms with Crippen molar-refractivity contribution in [1.82, 2.24) is 15.5 Å². The molecule has 0 aromatic carbocycles. The van der Waals surface area contributed by atoms with Gasteiger partial charge in [-0.1, -0.05) is 44.9 Å². The SMILES string of the molecule is NC(=O)C(=O)C(CC1CCC1)NC(=O)C1CCCN1C(=O)C(NC(=O)OC1CCCCC1)C1CCCCC1. The molecule has 10 nitrogen and oxygen atoms in total. The molecule has 0 radical (unpaired) electrons. The fraction of sp³-hybridized carbons (Fsp3) is 0.821. The summed E-state index contributed by atoms with van der Waals surface area (Å²) in [7, 11) is 0. The largest absolute Gasteiger partial charge is 0.446 e. The maximum absolute atomic E-state index is 13.9. The molecule has 4 aliphatic rings. The predicted molar refractivity (Wildman–Crippen MR) is 140 cm³/mol. The van der Waals surface area contributed by atoms with Gasteiger partial charge in [0.1, 0.15) is 18.2 Å². The zero-order valence-electron chi connectivity index (χ0n) is 22.5. The van der Waals surface area contributed by atoms with E-state index in [1.165, 1.54) is 0 Å². The van der Waals surface area contributed by atoms with Gasteiger partial charge in [0.25, 0.3) is 5.91 Å². The number of amides is 4. The lowest BCUT2D eigenvalue weighted by molar-refractivity contribution is -0.143. The second-order valence-electron chi connectivity index (χ2n) is 11.7. The Labute approximate surface area is 225 Å². The van der Waals surface area contributed by atoms with Crippen molar-refractivity contribution in [2.45, 2.75) is 127 Å². The van der Waals surface area contributed by atoms with Crippen molar-refractivity contribution >= 4 is 29.6 Å². The number of alkyl carbamates (subject to hydrolysis) is 1. The van der Waals surface area contributed by atoms with Crippen molar-refractivity contribution in [2.75, 3.05) is 6.54 Å². The normalized spacial score (nSPS) is 24.6. The van der Waals surface area contributed by atoms with Crippen LogP contribution in [0.1, 0.15) is 103 Å². The summed E-state index contributed by atoms with van der Waals surface area (Å²) < 4.78 is 5.67. The molecule has 3 saturated carbocycles. The van der Waals surface area contributed by atoms with Crippen LogP contribution in [0.2, 0.25) is 0 Å². The number of carbonyl (C=O) groups is 5. The third-order valence-electron chi connectivity index (χ3n) is 8.99. The molecule has 4 N–H and O–H groups in total. The highest BCUT2D eigenvalue weighted by molar-refractivity contribution is 6.37. The van der Waals surface area contributed by atoms with Crippen LogP contribution in [0, 0.1) is 11.8 Å². The fourth-order valence-electron chi connectivity index (χ4n) is 6.56. The number of nitrogens with two attached hydrogens (primary N) is 1. The Kier molecular flexibility index (Phi) is 10.0. The molecule has 1 heterocycles. The lowest BCUT2D eigenvalue weighted by Crippen LogP contribution is -2.58. The van der Waals surface area contributed by atoms with Crippen LogP contribution in [0.25, 0.3) is 0 Å². The molecular formula is C28H44N4O6. The van der Waals surface area contributed by atoms with Crippen molar-refractivity contribution < 1.29 is 28.7 Å². The summed E-state index contributed by atoms with van der Waals surface area (Å²) in [6, 6.07) is -2.48. The Bertz CT molecular complexity index is 879. The maximum atomic E-state index is 13.9. The Hall–Kier alpha value is -2.65. The number of nitrogens with zero attached hydrogens (tertiary/aromatic N) is 1. The van der Waals surface area contributed by atoms with Gasteiger partial charge in [-0.05, 0) is 69.6 Å². The summed E-state index contributed by atoms with van der Waals surface area (Å²) in [4.78, 5) is 65.7. The van der Waals surface area contributed by atoms with E-state index in [0.717, 1.165) is 83.5 Å². The molecule has 0 aromatic heterocycles. The molecule has 1 saturated heterocycles. The van der Waals surface area contributed by atoms with Crippen LogP contribution in [0.3, 0.4) is 0 Å². The molecule has 212 valence electrons. The number of Topliss-reactive ketones (excluding diaryl/α,β-unsaturated/α-hetero) is 1. The van der Waals surface area contributed by atoms with Crippen LogP contribution in [-0.2, 0) is 23.9 Å². The first-order chi connectivity index (χ1) is 18.3. The molecule has 10 heteroatoms. The van der Waals surface area contributed by atoms with E-state index < -0.39 is 41.8 Å². The second-order valence-corrected chi connectivity index (χ2v) is 11.7. The topological polar surface area (TPSA) is 148 Å². The fourth-order valence-corrected chi connectivity index (χ4v) is 6.56. The molecule has 3 aliphatic carbocycles. The molecule has 1 aliphatic heterocycles. The lowest BCUT2D eigenvalue weighted by atomic mass is 9.80. The predicted octanol–water partition coefficient (Wildman–Crippen LogP) is 2.71. The molecule has 3 unspecified atom stereocenters. The van der Waals surface area contributed by atoms with Gasteiger partial charge in [0.15, 0.2) is 0 Å². The van der Waals surface area contributed by atoms with Gasteiger partial charge in [-0.3, -0.25) is 19.2 Å². The van der Waals surface area contributed by atoms with E-state index in [2.05, 4.69) is 10.6 Å². The minimum atomic E-state index is -1.06. The molecular weight excluding hydrogens is 488 g/mol. The number of likely N-dealkylation sites (tertiary alicyclic amines) is 1. The minimum absolute atomic E-state index is 0.0118. The van der Waals surface area contributed by atoms with E-state index in [1.54, 1.807) is 4.90 Å². The molecule has 4 fully saturated rings. The Morgan fingerprint density at radius 3 is 2.05 bits per heavy atom. The van der Waals surface area contributed by atoms with E-state index >= 15 is 0 Å². The molecule has 0 spiro atoms. The van der Waals surface area contributed by atoms with E-state index in [9.17, 15) is 24.0 Å². The average Bonchev–Trinajstić information content (AvgIpc) is 3.39. The highest BCUT2D eigenvalue weighted by atomic mass is 16.6. The number of primary amides is 1. The van der Waals surface area contributed by atoms with Gasteiger partial charge >= 0.3 is 6.09 Å².